The quantitative estimate of drug-likeness (QED) is 0.498. The largest absolute Gasteiger partial charge is 0.0654 e. The Bertz CT molecular complexity index is 115. The maximum absolute atomic E-state index is 2.40. The van der Waals surface area contributed by atoms with Gasteiger partial charge in [0.1, 0.15) is 0 Å². The van der Waals surface area contributed by atoms with Crippen LogP contribution >= 0.6 is 0 Å². The van der Waals surface area contributed by atoms with Crippen LogP contribution in [0.5, 0.6) is 0 Å². The predicted molar refractivity (Wildman–Crippen MR) is 66.5 cm³/mol. The van der Waals surface area contributed by atoms with Gasteiger partial charge in [0.05, 0.1) is 0 Å². The van der Waals surface area contributed by atoms with E-state index < -0.39 is 0 Å². The third kappa shape index (κ3) is 7.41. The molecule has 0 aromatic heterocycles. The molecule has 0 aromatic carbocycles. The molecule has 0 aliphatic carbocycles. The summed E-state index contributed by atoms with van der Waals surface area (Å²) in [5.41, 5.74) is 0. The van der Waals surface area contributed by atoms with Crippen LogP contribution in [0.3, 0.4) is 0 Å². The van der Waals surface area contributed by atoms with Gasteiger partial charge in [0.2, 0.25) is 0 Å². The number of rotatable bonds is 8. The second-order valence-electron chi connectivity index (χ2n) is 5.38. The Morgan fingerprint density at radius 2 is 1.50 bits per heavy atom. The van der Waals surface area contributed by atoms with E-state index in [4.69, 9.17) is 0 Å². The Kier molecular flexibility index (Phi) is 8.32. The molecule has 0 saturated carbocycles. The minimum absolute atomic E-state index is 0.881. The van der Waals surface area contributed by atoms with E-state index in [1.165, 1.54) is 38.5 Å². The normalized spacial score (nSPS) is 15.9. The van der Waals surface area contributed by atoms with Crippen LogP contribution in [0, 0.1) is 17.8 Å². The minimum Gasteiger partial charge on any atom is -0.0654 e. The van der Waals surface area contributed by atoms with Crippen LogP contribution in [0.25, 0.3) is 0 Å². The summed E-state index contributed by atoms with van der Waals surface area (Å²) in [7, 11) is 0. The van der Waals surface area contributed by atoms with Gasteiger partial charge in [-0.05, 0) is 24.2 Å². The topological polar surface area (TPSA) is 0 Å². The first kappa shape index (κ1) is 14.0. The van der Waals surface area contributed by atoms with Gasteiger partial charge in [-0.3, -0.25) is 0 Å². The molecule has 0 bridgehead atoms. The van der Waals surface area contributed by atoms with Crippen molar-refractivity contribution in [1.29, 1.82) is 0 Å². The van der Waals surface area contributed by atoms with Crippen molar-refractivity contribution >= 4 is 0 Å². The molecule has 0 spiro atoms. The summed E-state index contributed by atoms with van der Waals surface area (Å²) in [5, 5.41) is 0. The number of hydrogen-bond donors (Lipinski definition) is 0. The van der Waals surface area contributed by atoms with Crippen molar-refractivity contribution in [2.75, 3.05) is 0 Å². The molecular formula is C14H30. The molecular weight excluding hydrogens is 168 g/mol. The Morgan fingerprint density at radius 1 is 0.857 bits per heavy atom. The summed E-state index contributed by atoms with van der Waals surface area (Å²) in [6, 6.07) is 0. The van der Waals surface area contributed by atoms with Gasteiger partial charge in [-0.15, -0.1) is 0 Å². The summed E-state index contributed by atoms with van der Waals surface area (Å²) in [5.74, 6) is 2.81. The second-order valence-corrected chi connectivity index (χ2v) is 5.38. The van der Waals surface area contributed by atoms with Crippen LogP contribution in [0.4, 0.5) is 0 Å². The summed E-state index contributed by atoms with van der Waals surface area (Å²) >= 11 is 0. The average molecular weight is 198 g/mol. The molecule has 0 aliphatic rings. The van der Waals surface area contributed by atoms with Gasteiger partial charge < -0.3 is 0 Å². The lowest BCUT2D eigenvalue weighted by Gasteiger charge is -2.20. The van der Waals surface area contributed by atoms with Gasteiger partial charge in [0.15, 0.2) is 0 Å². The van der Waals surface area contributed by atoms with Crippen LogP contribution < -0.4 is 0 Å². The van der Waals surface area contributed by atoms with Gasteiger partial charge in [-0.25, -0.2) is 0 Å². The SMILES string of the molecule is CCCC(CCC(C)C)CC(C)CC. The van der Waals surface area contributed by atoms with E-state index in [1.54, 1.807) is 0 Å². The molecule has 0 heterocycles. The lowest BCUT2D eigenvalue weighted by atomic mass is 9.86. The predicted octanol–water partition coefficient (Wildman–Crippen LogP) is 5.28. The van der Waals surface area contributed by atoms with E-state index in [-0.39, 0.29) is 0 Å². The molecule has 14 heavy (non-hydrogen) atoms. The Balaban J connectivity index is 3.76. The molecule has 0 rings (SSSR count). The van der Waals surface area contributed by atoms with Crippen LogP contribution in [0.2, 0.25) is 0 Å². The lowest BCUT2D eigenvalue weighted by Crippen LogP contribution is -2.07. The Morgan fingerprint density at radius 3 is 1.93 bits per heavy atom. The zero-order valence-electron chi connectivity index (χ0n) is 11.0. The van der Waals surface area contributed by atoms with E-state index in [9.17, 15) is 0 Å². The van der Waals surface area contributed by atoms with Crippen molar-refractivity contribution < 1.29 is 0 Å². The fourth-order valence-corrected chi connectivity index (χ4v) is 2.09. The lowest BCUT2D eigenvalue weighted by molar-refractivity contribution is 0.320. The van der Waals surface area contributed by atoms with E-state index in [0.717, 1.165) is 17.8 Å². The van der Waals surface area contributed by atoms with Crippen molar-refractivity contribution in [3.05, 3.63) is 0 Å². The van der Waals surface area contributed by atoms with Gasteiger partial charge in [-0.1, -0.05) is 66.7 Å². The van der Waals surface area contributed by atoms with Crippen molar-refractivity contribution in [3.8, 4) is 0 Å². The first-order chi connectivity index (χ1) is 6.60. The summed E-state index contributed by atoms with van der Waals surface area (Å²) in [6.07, 6.45) is 8.48. The van der Waals surface area contributed by atoms with Crippen LogP contribution in [0.15, 0.2) is 0 Å². The molecule has 0 aliphatic heterocycles. The molecule has 0 saturated heterocycles. The summed E-state index contributed by atoms with van der Waals surface area (Å²) < 4.78 is 0. The molecule has 0 radical (unpaired) electrons. The van der Waals surface area contributed by atoms with Gasteiger partial charge in [0, 0.05) is 0 Å². The van der Waals surface area contributed by atoms with E-state index >= 15 is 0 Å². The highest BCUT2D eigenvalue weighted by molar-refractivity contribution is 4.64. The highest BCUT2D eigenvalue weighted by Crippen LogP contribution is 2.25. The molecule has 0 amide bonds. The van der Waals surface area contributed by atoms with Crippen LogP contribution in [0.1, 0.15) is 73.1 Å². The first-order valence-corrected chi connectivity index (χ1v) is 6.60. The standard InChI is InChI=1S/C14H30/c1-6-8-14(10-9-12(3)4)11-13(5)7-2/h12-14H,6-11H2,1-5H3. The van der Waals surface area contributed by atoms with Gasteiger partial charge >= 0.3 is 0 Å². The highest BCUT2D eigenvalue weighted by atomic mass is 14.2. The maximum Gasteiger partial charge on any atom is -0.0412 e. The van der Waals surface area contributed by atoms with Crippen LogP contribution in [-0.2, 0) is 0 Å². The fourth-order valence-electron chi connectivity index (χ4n) is 2.09. The molecule has 0 aromatic rings. The van der Waals surface area contributed by atoms with E-state index in [0.29, 0.717) is 0 Å². The van der Waals surface area contributed by atoms with E-state index in [1.807, 2.05) is 0 Å². The molecule has 0 heteroatoms. The summed E-state index contributed by atoms with van der Waals surface area (Å²) in [6.45, 7) is 11.7. The van der Waals surface area contributed by atoms with Crippen molar-refractivity contribution in [3.63, 3.8) is 0 Å². The average Bonchev–Trinajstić information content (AvgIpc) is 2.14. The third-order valence-electron chi connectivity index (χ3n) is 3.28. The number of hydrogen-bond acceptors (Lipinski definition) is 0. The molecule has 0 nitrogen and oxygen atoms in total. The first-order valence-electron chi connectivity index (χ1n) is 6.60. The van der Waals surface area contributed by atoms with Gasteiger partial charge in [-0.2, -0.15) is 0 Å². The van der Waals surface area contributed by atoms with Crippen molar-refractivity contribution in [2.24, 2.45) is 17.8 Å². The molecule has 0 N–H and O–H groups in total. The molecule has 0 fully saturated rings. The minimum atomic E-state index is 0.881. The van der Waals surface area contributed by atoms with Gasteiger partial charge in [0.25, 0.3) is 0 Å². The van der Waals surface area contributed by atoms with Crippen molar-refractivity contribution in [2.45, 2.75) is 73.1 Å². The second kappa shape index (κ2) is 8.32. The monoisotopic (exact) mass is 198 g/mol. The maximum atomic E-state index is 2.40. The Labute approximate surface area is 91.5 Å². The fraction of sp³-hybridized carbons (Fsp3) is 1.00. The zero-order chi connectivity index (χ0) is 11.0. The third-order valence-corrected chi connectivity index (χ3v) is 3.28. The highest BCUT2D eigenvalue weighted by Gasteiger charge is 2.11. The van der Waals surface area contributed by atoms with Crippen molar-refractivity contribution in [1.82, 2.24) is 0 Å². The Hall–Kier alpha value is 0. The molecule has 2 atom stereocenters. The molecule has 2 unspecified atom stereocenters. The smallest absolute Gasteiger partial charge is 0.0412 e. The zero-order valence-corrected chi connectivity index (χ0v) is 11.0. The summed E-state index contributed by atoms with van der Waals surface area (Å²) in [4.78, 5) is 0. The van der Waals surface area contributed by atoms with Crippen LogP contribution in [-0.4, -0.2) is 0 Å². The molecule has 86 valence electrons. The van der Waals surface area contributed by atoms with E-state index in [2.05, 4.69) is 34.6 Å².